The van der Waals surface area contributed by atoms with E-state index in [-0.39, 0.29) is 0 Å². The summed E-state index contributed by atoms with van der Waals surface area (Å²) < 4.78 is 0. The Morgan fingerprint density at radius 1 is 0.923 bits per heavy atom. The van der Waals surface area contributed by atoms with Gasteiger partial charge in [-0.25, -0.2) is 5.43 Å². The van der Waals surface area contributed by atoms with Gasteiger partial charge < -0.3 is 5.32 Å². The van der Waals surface area contributed by atoms with Gasteiger partial charge in [0.15, 0.2) is 0 Å². The van der Waals surface area contributed by atoms with Crippen LogP contribution in [0.3, 0.4) is 0 Å². The maximum absolute atomic E-state index is 11.9. The molecule has 0 spiro atoms. The molecule has 1 aliphatic carbocycles. The largest absolute Gasteiger partial charge is 0.329 e. The number of hydrogen-bond acceptors (Lipinski definition) is 3. The topological polar surface area (TPSA) is 70.6 Å². The highest BCUT2D eigenvalue weighted by Crippen LogP contribution is 2.31. The first-order chi connectivity index (χ1) is 12.6. The molecule has 2 aromatic carbocycles. The molecule has 0 aliphatic heterocycles. The molecule has 2 N–H and O–H groups in total. The Balaban J connectivity index is 1.48. The van der Waals surface area contributed by atoms with Gasteiger partial charge in [0.25, 0.3) is 0 Å². The molecule has 0 atom stereocenters. The number of hydrogen-bond donors (Lipinski definition) is 2. The van der Waals surface area contributed by atoms with Crippen molar-refractivity contribution >= 4 is 23.2 Å². The van der Waals surface area contributed by atoms with Gasteiger partial charge in [-0.2, -0.15) is 5.10 Å². The van der Waals surface area contributed by atoms with Gasteiger partial charge in [-0.1, -0.05) is 48.0 Å². The molecule has 0 radical (unpaired) electrons. The van der Waals surface area contributed by atoms with E-state index in [0.29, 0.717) is 11.6 Å². The van der Waals surface area contributed by atoms with Crippen LogP contribution in [0.1, 0.15) is 42.7 Å². The Hall–Kier alpha value is -2.95. The van der Waals surface area contributed by atoms with Gasteiger partial charge in [-0.05, 0) is 56.2 Å². The lowest BCUT2D eigenvalue weighted by Crippen LogP contribution is -2.33. The fraction of sp³-hybridized carbons (Fsp3) is 0.286. The van der Waals surface area contributed by atoms with E-state index in [1.54, 1.807) is 12.1 Å². The van der Waals surface area contributed by atoms with E-state index in [0.717, 1.165) is 37.0 Å². The Bertz CT molecular complexity index is 788. The van der Waals surface area contributed by atoms with E-state index in [9.17, 15) is 9.59 Å². The van der Waals surface area contributed by atoms with Crippen molar-refractivity contribution in [1.29, 1.82) is 0 Å². The summed E-state index contributed by atoms with van der Waals surface area (Å²) >= 11 is 0. The van der Waals surface area contributed by atoms with Crippen molar-refractivity contribution in [3.63, 3.8) is 0 Å². The summed E-state index contributed by atoms with van der Waals surface area (Å²) in [5, 5.41) is 6.71. The fourth-order valence-corrected chi connectivity index (χ4v) is 3.13. The summed E-state index contributed by atoms with van der Waals surface area (Å²) in [5.74, 6) is -0.921. The number of carbonyl (C=O) groups is 2. The number of carbonyl (C=O) groups excluding carboxylic acids is 2. The van der Waals surface area contributed by atoms with Gasteiger partial charge >= 0.3 is 11.8 Å². The third-order valence-electron chi connectivity index (χ3n) is 4.66. The van der Waals surface area contributed by atoms with Crippen LogP contribution >= 0.6 is 0 Å². The van der Waals surface area contributed by atoms with E-state index in [2.05, 4.69) is 40.1 Å². The quantitative estimate of drug-likeness (QED) is 0.654. The summed E-state index contributed by atoms with van der Waals surface area (Å²) in [6.07, 6.45) is 3.68. The number of amides is 2. The second-order valence-electron chi connectivity index (χ2n) is 6.62. The standard InChI is InChI=1S/C21H23N3O2/c1-15-7-11-18(12-8-15)22-20(25)21(26)24-23-19-13-9-17(10-14-19)16-5-3-2-4-6-16/h2-8,11-12,17H,9-10,13-14H2,1H3,(H,22,25)(H,24,26). The highest BCUT2D eigenvalue weighted by molar-refractivity contribution is 6.39. The number of nitrogens with one attached hydrogen (secondary N) is 2. The second kappa shape index (κ2) is 8.43. The second-order valence-corrected chi connectivity index (χ2v) is 6.62. The van der Waals surface area contributed by atoms with Crippen molar-refractivity contribution in [2.24, 2.45) is 5.10 Å². The van der Waals surface area contributed by atoms with Crippen LogP contribution in [0.15, 0.2) is 59.7 Å². The zero-order chi connectivity index (χ0) is 18.4. The molecule has 1 saturated carbocycles. The number of hydrazone groups is 1. The normalized spacial score (nSPS) is 16.7. The number of anilines is 1. The first-order valence-electron chi connectivity index (χ1n) is 8.90. The van der Waals surface area contributed by atoms with Crippen LogP contribution in [0, 0.1) is 6.92 Å². The summed E-state index contributed by atoms with van der Waals surface area (Å²) in [4.78, 5) is 23.8. The van der Waals surface area contributed by atoms with E-state index in [1.165, 1.54) is 5.56 Å². The van der Waals surface area contributed by atoms with Gasteiger partial charge in [-0.15, -0.1) is 0 Å². The molecule has 0 aromatic heterocycles. The zero-order valence-electron chi connectivity index (χ0n) is 14.9. The van der Waals surface area contributed by atoms with E-state index < -0.39 is 11.8 Å². The van der Waals surface area contributed by atoms with Crippen LogP contribution in [0.2, 0.25) is 0 Å². The lowest BCUT2D eigenvalue weighted by molar-refractivity contribution is -0.136. The van der Waals surface area contributed by atoms with Crippen molar-refractivity contribution in [2.75, 3.05) is 5.32 Å². The average Bonchev–Trinajstić information content (AvgIpc) is 2.69. The van der Waals surface area contributed by atoms with Crippen molar-refractivity contribution in [2.45, 2.75) is 38.5 Å². The summed E-state index contributed by atoms with van der Waals surface area (Å²) in [7, 11) is 0. The van der Waals surface area contributed by atoms with Crippen molar-refractivity contribution in [1.82, 2.24) is 5.43 Å². The molecular weight excluding hydrogens is 326 g/mol. The lowest BCUT2D eigenvalue weighted by atomic mass is 9.83. The van der Waals surface area contributed by atoms with Crippen LogP contribution in [-0.2, 0) is 9.59 Å². The Labute approximate surface area is 153 Å². The fourth-order valence-electron chi connectivity index (χ4n) is 3.13. The lowest BCUT2D eigenvalue weighted by Gasteiger charge is -2.23. The minimum absolute atomic E-state index is 0.538. The molecule has 2 amide bonds. The highest BCUT2D eigenvalue weighted by atomic mass is 16.2. The van der Waals surface area contributed by atoms with E-state index >= 15 is 0 Å². The van der Waals surface area contributed by atoms with Crippen molar-refractivity contribution in [3.05, 3.63) is 65.7 Å². The van der Waals surface area contributed by atoms with Crippen molar-refractivity contribution in [3.8, 4) is 0 Å². The van der Waals surface area contributed by atoms with Gasteiger partial charge in [0.1, 0.15) is 0 Å². The highest BCUT2D eigenvalue weighted by Gasteiger charge is 2.20. The predicted molar refractivity (Wildman–Crippen MR) is 103 cm³/mol. The molecule has 26 heavy (non-hydrogen) atoms. The van der Waals surface area contributed by atoms with Crippen LogP contribution in [-0.4, -0.2) is 17.5 Å². The molecule has 0 saturated heterocycles. The molecule has 0 heterocycles. The molecule has 1 aliphatic rings. The molecular formula is C21H23N3O2. The average molecular weight is 349 g/mol. The molecule has 5 nitrogen and oxygen atoms in total. The predicted octanol–water partition coefficient (Wildman–Crippen LogP) is 3.76. The molecule has 2 aromatic rings. The number of rotatable bonds is 3. The first kappa shape index (κ1) is 17.9. The maximum atomic E-state index is 11.9. The van der Waals surface area contributed by atoms with E-state index in [1.807, 2.05) is 25.1 Å². The molecule has 3 rings (SSSR count). The van der Waals surface area contributed by atoms with Crippen molar-refractivity contribution < 1.29 is 9.59 Å². The Kier molecular flexibility index (Phi) is 5.79. The minimum Gasteiger partial charge on any atom is -0.318 e. The van der Waals surface area contributed by atoms with Gasteiger partial charge in [0, 0.05) is 11.4 Å². The Morgan fingerprint density at radius 2 is 1.58 bits per heavy atom. The van der Waals surface area contributed by atoms with Crippen LogP contribution in [0.4, 0.5) is 5.69 Å². The SMILES string of the molecule is Cc1ccc(NC(=O)C(=O)NN=C2CCC(c3ccccc3)CC2)cc1. The Morgan fingerprint density at radius 3 is 2.23 bits per heavy atom. The summed E-state index contributed by atoms with van der Waals surface area (Å²) in [5.41, 5.74) is 6.35. The summed E-state index contributed by atoms with van der Waals surface area (Å²) in [6, 6.07) is 17.7. The minimum atomic E-state index is -0.747. The molecule has 0 unspecified atom stereocenters. The van der Waals surface area contributed by atoms with Gasteiger partial charge in [0.05, 0.1) is 0 Å². The van der Waals surface area contributed by atoms with Crippen LogP contribution < -0.4 is 10.7 Å². The number of aryl methyl sites for hydroxylation is 1. The summed E-state index contributed by atoms with van der Waals surface area (Å²) in [6.45, 7) is 1.96. The third kappa shape index (κ3) is 4.79. The maximum Gasteiger partial charge on any atom is 0.329 e. The molecule has 5 heteroatoms. The number of nitrogens with zero attached hydrogens (tertiary/aromatic N) is 1. The van der Waals surface area contributed by atoms with Crippen LogP contribution in [0.25, 0.3) is 0 Å². The molecule has 0 bridgehead atoms. The van der Waals surface area contributed by atoms with Gasteiger partial charge in [0.2, 0.25) is 0 Å². The molecule has 134 valence electrons. The number of benzene rings is 2. The monoisotopic (exact) mass is 349 g/mol. The van der Waals surface area contributed by atoms with Crippen LogP contribution in [0.5, 0.6) is 0 Å². The van der Waals surface area contributed by atoms with E-state index in [4.69, 9.17) is 0 Å². The molecule has 1 fully saturated rings. The first-order valence-corrected chi connectivity index (χ1v) is 8.90. The van der Waals surface area contributed by atoms with Gasteiger partial charge in [-0.3, -0.25) is 9.59 Å². The third-order valence-corrected chi connectivity index (χ3v) is 4.66. The smallest absolute Gasteiger partial charge is 0.318 e. The zero-order valence-corrected chi connectivity index (χ0v) is 14.9.